The van der Waals surface area contributed by atoms with E-state index in [0.29, 0.717) is 20.9 Å². The summed E-state index contributed by atoms with van der Waals surface area (Å²) in [7, 11) is -3.67. The van der Waals surface area contributed by atoms with E-state index in [1.807, 2.05) is 0 Å². The van der Waals surface area contributed by atoms with Gasteiger partial charge in [-0.05, 0) is 58.4 Å². The van der Waals surface area contributed by atoms with Crippen molar-refractivity contribution in [2.75, 3.05) is 10.1 Å². The minimum absolute atomic E-state index is 0.137. The van der Waals surface area contributed by atoms with E-state index < -0.39 is 10.0 Å². The van der Waals surface area contributed by atoms with Gasteiger partial charge in [-0.15, -0.1) is 0 Å². The van der Waals surface area contributed by atoms with E-state index in [4.69, 9.17) is 17.4 Å². The van der Waals surface area contributed by atoms with Gasteiger partial charge in [0.25, 0.3) is 10.0 Å². The van der Waals surface area contributed by atoms with Crippen molar-refractivity contribution in [2.24, 2.45) is 5.84 Å². The van der Waals surface area contributed by atoms with Gasteiger partial charge in [0.05, 0.1) is 10.6 Å². The molecule has 0 aliphatic rings. The number of nitrogens with two attached hydrogens (primary N) is 1. The van der Waals surface area contributed by atoms with Crippen molar-refractivity contribution < 1.29 is 8.42 Å². The third kappa shape index (κ3) is 3.43. The number of anilines is 2. The van der Waals surface area contributed by atoms with E-state index in [-0.39, 0.29) is 4.90 Å². The summed E-state index contributed by atoms with van der Waals surface area (Å²) >= 11 is 9.07. The Bertz CT molecular complexity index is 720. The first-order chi connectivity index (χ1) is 9.42. The van der Waals surface area contributed by atoms with Crippen LogP contribution >= 0.6 is 27.5 Å². The number of nitrogens with one attached hydrogen (secondary N) is 2. The fourth-order valence-electron chi connectivity index (χ4n) is 1.51. The van der Waals surface area contributed by atoms with Crippen molar-refractivity contribution in [1.82, 2.24) is 0 Å². The van der Waals surface area contributed by atoms with Crippen LogP contribution in [-0.4, -0.2) is 8.42 Å². The van der Waals surface area contributed by atoms with Gasteiger partial charge in [-0.25, -0.2) is 8.42 Å². The Hall–Kier alpha value is -1.28. The van der Waals surface area contributed by atoms with Gasteiger partial charge < -0.3 is 5.43 Å². The topological polar surface area (TPSA) is 84.2 Å². The number of rotatable bonds is 4. The van der Waals surface area contributed by atoms with Crippen LogP contribution in [-0.2, 0) is 10.0 Å². The Morgan fingerprint density at radius 2 is 1.75 bits per heavy atom. The van der Waals surface area contributed by atoms with Gasteiger partial charge in [0.2, 0.25) is 0 Å². The van der Waals surface area contributed by atoms with E-state index in [1.54, 1.807) is 30.3 Å². The third-order valence-corrected chi connectivity index (χ3v) is 4.78. The fourth-order valence-corrected chi connectivity index (χ4v) is 3.50. The number of hydrazine groups is 1. The highest BCUT2D eigenvalue weighted by molar-refractivity contribution is 9.10. The Balaban J connectivity index is 2.30. The molecule has 0 heterocycles. The number of sulfonamides is 1. The van der Waals surface area contributed by atoms with Gasteiger partial charge in [0.1, 0.15) is 0 Å². The quantitative estimate of drug-likeness (QED) is 0.565. The molecule has 0 amide bonds. The van der Waals surface area contributed by atoms with Gasteiger partial charge in [0, 0.05) is 15.2 Å². The third-order valence-electron chi connectivity index (χ3n) is 2.51. The predicted octanol–water partition coefficient (Wildman–Crippen LogP) is 3.19. The largest absolute Gasteiger partial charge is 0.324 e. The molecule has 0 aliphatic carbocycles. The van der Waals surface area contributed by atoms with Crippen LogP contribution in [0.25, 0.3) is 0 Å². The molecule has 4 N–H and O–H groups in total. The number of nitrogen functional groups attached to an aromatic ring is 1. The zero-order valence-electron chi connectivity index (χ0n) is 10.1. The first-order valence-corrected chi connectivity index (χ1v) is 8.12. The van der Waals surface area contributed by atoms with Crippen LogP contribution in [0, 0.1) is 0 Å². The summed E-state index contributed by atoms with van der Waals surface area (Å²) in [5, 5.41) is 0.512. The van der Waals surface area contributed by atoms with Crippen LogP contribution in [0.3, 0.4) is 0 Å². The second-order valence-corrected chi connectivity index (χ2v) is 6.87. The van der Waals surface area contributed by atoms with Crippen molar-refractivity contribution in [1.29, 1.82) is 0 Å². The summed E-state index contributed by atoms with van der Waals surface area (Å²) < 4.78 is 27.5. The van der Waals surface area contributed by atoms with E-state index in [9.17, 15) is 8.42 Å². The molecule has 0 aromatic heterocycles. The first kappa shape index (κ1) is 15.1. The molecule has 8 heteroatoms. The maximum absolute atomic E-state index is 12.2. The summed E-state index contributed by atoms with van der Waals surface area (Å²) in [6, 6.07) is 10.9. The molecule has 0 unspecified atom stereocenters. The molecule has 0 bridgehead atoms. The molecular weight excluding hydrogens is 366 g/mol. The summed E-state index contributed by atoms with van der Waals surface area (Å²) in [6.07, 6.45) is 0. The van der Waals surface area contributed by atoms with Gasteiger partial charge in [-0.3, -0.25) is 10.6 Å². The van der Waals surface area contributed by atoms with E-state index >= 15 is 0 Å². The Labute approximate surface area is 130 Å². The normalized spacial score (nSPS) is 11.2. The molecule has 2 aromatic rings. The molecule has 0 fully saturated rings. The second-order valence-electron chi connectivity index (χ2n) is 3.90. The molecule has 0 spiro atoms. The molecule has 0 radical (unpaired) electrons. The minimum Gasteiger partial charge on any atom is -0.324 e. The monoisotopic (exact) mass is 375 g/mol. The van der Waals surface area contributed by atoms with Gasteiger partial charge >= 0.3 is 0 Å². The number of hydrogen-bond acceptors (Lipinski definition) is 4. The lowest BCUT2D eigenvalue weighted by atomic mass is 10.3. The summed E-state index contributed by atoms with van der Waals surface area (Å²) in [5.74, 6) is 5.23. The highest BCUT2D eigenvalue weighted by Gasteiger charge is 2.15. The van der Waals surface area contributed by atoms with E-state index in [0.717, 1.165) is 0 Å². The molecule has 5 nitrogen and oxygen atoms in total. The van der Waals surface area contributed by atoms with Gasteiger partial charge in [-0.1, -0.05) is 11.6 Å². The summed E-state index contributed by atoms with van der Waals surface area (Å²) in [4.78, 5) is 0.137. The molecule has 0 saturated heterocycles. The number of benzene rings is 2. The van der Waals surface area contributed by atoms with Crippen molar-refractivity contribution in [3.63, 3.8) is 0 Å². The molecule has 2 rings (SSSR count). The molecule has 0 saturated carbocycles. The van der Waals surface area contributed by atoms with Crippen molar-refractivity contribution in [3.05, 3.63) is 52.0 Å². The highest BCUT2D eigenvalue weighted by atomic mass is 79.9. The van der Waals surface area contributed by atoms with Crippen LogP contribution in [0.5, 0.6) is 0 Å². The summed E-state index contributed by atoms with van der Waals surface area (Å²) in [5.41, 5.74) is 3.47. The molecule has 0 aliphatic heterocycles. The lowest BCUT2D eigenvalue weighted by Crippen LogP contribution is -2.13. The standard InChI is InChI=1S/C12H11BrClN3O2S/c13-11-7-8(14)1-6-12(11)17-20(18,19)10-4-2-9(16-15)3-5-10/h1-7,16-17H,15H2. The smallest absolute Gasteiger partial charge is 0.261 e. The second kappa shape index (κ2) is 6.01. The van der Waals surface area contributed by atoms with E-state index in [1.165, 1.54) is 12.1 Å². The van der Waals surface area contributed by atoms with Gasteiger partial charge in [0.15, 0.2) is 0 Å². The average Bonchev–Trinajstić information content (AvgIpc) is 2.42. The van der Waals surface area contributed by atoms with Crippen LogP contribution in [0.4, 0.5) is 11.4 Å². The van der Waals surface area contributed by atoms with Crippen LogP contribution < -0.4 is 16.0 Å². The zero-order valence-corrected chi connectivity index (χ0v) is 13.3. The lowest BCUT2D eigenvalue weighted by Gasteiger charge is -2.10. The molecular formula is C12H11BrClN3O2S. The summed E-state index contributed by atoms with van der Waals surface area (Å²) in [6.45, 7) is 0. The van der Waals surface area contributed by atoms with Crippen molar-refractivity contribution in [3.8, 4) is 0 Å². The van der Waals surface area contributed by atoms with Crippen molar-refractivity contribution in [2.45, 2.75) is 4.90 Å². The highest BCUT2D eigenvalue weighted by Crippen LogP contribution is 2.28. The number of halogens is 2. The molecule has 106 valence electrons. The maximum Gasteiger partial charge on any atom is 0.261 e. The first-order valence-electron chi connectivity index (χ1n) is 5.47. The molecule has 0 atom stereocenters. The molecule has 2 aromatic carbocycles. The average molecular weight is 377 g/mol. The number of hydrogen-bond donors (Lipinski definition) is 3. The predicted molar refractivity (Wildman–Crippen MR) is 84.2 cm³/mol. The van der Waals surface area contributed by atoms with Crippen LogP contribution in [0.15, 0.2) is 51.8 Å². The Kier molecular flexibility index (Phi) is 4.54. The van der Waals surface area contributed by atoms with Gasteiger partial charge in [-0.2, -0.15) is 0 Å². The Morgan fingerprint density at radius 3 is 2.30 bits per heavy atom. The zero-order chi connectivity index (χ0) is 14.8. The van der Waals surface area contributed by atoms with E-state index in [2.05, 4.69) is 26.1 Å². The fraction of sp³-hybridized carbons (Fsp3) is 0. The molecule has 20 heavy (non-hydrogen) atoms. The maximum atomic E-state index is 12.2. The minimum atomic E-state index is -3.67. The lowest BCUT2D eigenvalue weighted by molar-refractivity contribution is 0.601. The van der Waals surface area contributed by atoms with Crippen LogP contribution in [0.2, 0.25) is 5.02 Å². The Morgan fingerprint density at radius 1 is 1.10 bits per heavy atom. The van der Waals surface area contributed by atoms with Crippen LogP contribution in [0.1, 0.15) is 0 Å². The SMILES string of the molecule is NNc1ccc(S(=O)(=O)Nc2ccc(Cl)cc2Br)cc1. The van der Waals surface area contributed by atoms with Crippen molar-refractivity contribution >= 4 is 48.9 Å².